The molecule has 4 atom stereocenters. The summed E-state index contributed by atoms with van der Waals surface area (Å²) in [6.45, 7) is 5.62. The van der Waals surface area contributed by atoms with E-state index in [4.69, 9.17) is 0 Å². The summed E-state index contributed by atoms with van der Waals surface area (Å²) in [7, 11) is 0. The zero-order chi connectivity index (χ0) is 13.3. The van der Waals surface area contributed by atoms with Crippen LogP contribution in [0.4, 0.5) is 0 Å². The standard InChI is InChI=1S/C15H20O3/c1-9-6-14(8-16)7-10(2)15(4-5-15)13(3,18)12(14)11(9)17/h7-9,12,18H,4-6H2,1-3H3/t9-,12-,13+,14+/m1/s1. The molecule has 3 aliphatic rings. The molecule has 3 nitrogen and oxygen atoms in total. The average Bonchev–Trinajstić information content (AvgIpc) is 3.04. The Balaban J connectivity index is 2.22. The largest absolute Gasteiger partial charge is 0.388 e. The van der Waals surface area contributed by atoms with Crippen LogP contribution >= 0.6 is 0 Å². The highest BCUT2D eigenvalue weighted by Gasteiger charge is 2.70. The second-order valence-corrected chi connectivity index (χ2v) is 6.73. The first-order valence-corrected chi connectivity index (χ1v) is 6.73. The van der Waals surface area contributed by atoms with Crippen LogP contribution in [0.3, 0.4) is 0 Å². The highest BCUT2D eigenvalue weighted by atomic mass is 16.3. The zero-order valence-corrected chi connectivity index (χ0v) is 11.2. The summed E-state index contributed by atoms with van der Waals surface area (Å²) in [6, 6.07) is 0. The molecular weight excluding hydrogens is 228 g/mol. The van der Waals surface area contributed by atoms with E-state index in [2.05, 4.69) is 0 Å². The molecule has 0 aromatic carbocycles. The number of aliphatic hydroxyl groups is 1. The normalized spacial score (nSPS) is 48.9. The van der Waals surface area contributed by atoms with Crippen LogP contribution in [0.1, 0.15) is 40.0 Å². The Morgan fingerprint density at radius 1 is 1.44 bits per heavy atom. The topological polar surface area (TPSA) is 54.4 Å². The van der Waals surface area contributed by atoms with E-state index in [9.17, 15) is 14.7 Å². The lowest BCUT2D eigenvalue weighted by Gasteiger charge is -2.48. The quantitative estimate of drug-likeness (QED) is 0.569. The molecule has 98 valence electrons. The van der Waals surface area contributed by atoms with Crippen molar-refractivity contribution in [1.82, 2.24) is 0 Å². The summed E-state index contributed by atoms with van der Waals surface area (Å²) in [4.78, 5) is 24.0. The Kier molecular flexibility index (Phi) is 2.10. The van der Waals surface area contributed by atoms with Gasteiger partial charge in [0.2, 0.25) is 0 Å². The van der Waals surface area contributed by atoms with Gasteiger partial charge in [-0.1, -0.05) is 18.6 Å². The van der Waals surface area contributed by atoms with Crippen LogP contribution < -0.4 is 0 Å². The first-order valence-electron chi connectivity index (χ1n) is 6.73. The van der Waals surface area contributed by atoms with E-state index in [1.54, 1.807) is 6.92 Å². The third-order valence-electron chi connectivity index (χ3n) is 5.71. The van der Waals surface area contributed by atoms with E-state index in [0.29, 0.717) is 6.42 Å². The molecule has 0 aliphatic heterocycles. The van der Waals surface area contributed by atoms with Crippen LogP contribution in [0.2, 0.25) is 0 Å². The van der Waals surface area contributed by atoms with Crippen molar-refractivity contribution in [3.8, 4) is 0 Å². The monoisotopic (exact) mass is 248 g/mol. The second-order valence-electron chi connectivity index (χ2n) is 6.73. The highest BCUT2D eigenvalue weighted by molar-refractivity contribution is 5.93. The molecule has 3 heteroatoms. The van der Waals surface area contributed by atoms with Gasteiger partial charge >= 0.3 is 0 Å². The summed E-state index contributed by atoms with van der Waals surface area (Å²) in [5, 5.41) is 11.0. The number of hydrogen-bond acceptors (Lipinski definition) is 3. The molecule has 0 bridgehead atoms. The fourth-order valence-electron chi connectivity index (χ4n) is 4.63. The van der Waals surface area contributed by atoms with Crippen LogP contribution in [0.5, 0.6) is 0 Å². The minimum absolute atomic E-state index is 0.0575. The Bertz CT molecular complexity index is 470. The fraction of sp³-hybridized carbons (Fsp3) is 0.733. The van der Waals surface area contributed by atoms with Crippen molar-refractivity contribution < 1.29 is 14.7 Å². The molecule has 0 radical (unpaired) electrons. The first kappa shape index (κ1) is 12.1. The van der Waals surface area contributed by atoms with Gasteiger partial charge in [-0.2, -0.15) is 0 Å². The van der Waals surface area contributed by atoms with Gasteiger partial charge in [-0.05, 0) is 33.1 Å². The van der Waals surface area contributed by atoms with Crippen LogP contribution in [0, 0.1) is 22.7 Å². The van der Waals surface area contributed by atoms with Crippen molar-refractivity contribution in [2.45, 2.75) is 45.6 Å². The lowest BCUT2D eigenvalue weighted by atomic mass is 9.58. The van der Waals surface area contributed by atoms with E-state index < -0.39 is 16.9 Å². The van der Waals surface area contributed by atoms with Gasteiger partial charge in [-0.3, -0.25) is 4.79 Å². The molecule has 1 N–H and O–H groups in total. The minimum Gasteiger partial charge on any atom is -0.388 e. The molecule has 0 saturated heterocycles. The third kappa shape index (κ3) is 1.09. The first-order chi connectivity index (χ1) is 8.31. The van der Waals surface area contributed by atoms with Crippen molar-refractivity contribution in [3.05, 3.63) is 11.6 Å². The maximum atomic E-state index is 12.4. The number of allylic oxidation sites excluding steroid dienone is 1. The molecule has 0 unspecified atom stereocenters. The van der Waals surface area contributed by atoms with Crippen LogP contribution in [-0.2, 0) is 9.59 Å². The lowest BCUT2D eigenvalue weighted by molar-refractivity contribution is -0.146. The van der Waals surface area contributed by atoms with Gasteiger partial charge in [0, 0.05) is 11.3 Å². The number of hydrogen-bond donors (Lipinski definition) is 1. The maximum Gasteiger partial charge on any atom is 0.143 e. The molecular formula is C15H20O3. The second kappa shape index (κ2) is 3.13. The van der Waals surface area contributed by atoms with Gasteiger partial charge in [-0.15, -0.1) is 0 Å². The number of rotatable bonds is 1. The number of carbonyl (C=O) groups is 2. The Morgan fingerprint density at radius 3 is 2.56 bits per heavy atom. The molecule has 1 spiro atoms. The smallest absolute Gasteiger partial charge is 0.143 e. The van der Waals surface area contributed by atoms with Gasteiger partial charge in [0.05, 0.1) is 16.9 Å². The van der Waals surface area contributed by atoms with E-state index in [1.807, 2.05) is 19.9 Å². The highest BCUT2D eigenvalue weighted by Crippen LogP contribution is 2.69. The van der Waals surface area contributed by atoms with E-state index >= 15 is 0 Å². The van der Waals surface area contributed by atoms with Crippen molar-refractivity contribution in [3.63, 3.8) is 0 Å². The van der Waals surface area contributed by atoms with Crippen LogP contribution in [0.25, 0.3) is 0 Å². The zero-order valence-electron chi connectivity index (χ0n) is 11.2. The SMILES string of the molecule is CC1=C[C@]2(C=O)C[C@@H](C)C(=O)[C@@H]2[C@](C)(O)C12CC2. The van der Waals surface area contributed by atoms with E-state index in [-0.39, 0.29) is 17.1 Å². The summed E-state index contributed by atoms with van der Waals surface area (Å²) in [5.41, 5.74) is -0.992. The predicted octanol–water partition coefficient (Wildman–Crippen LogP) is 1.89. The van der Waals surface area contributed by atoms with Gasteiger partial charge < -0.3 is 9.90 Å². The molecule has 0 aromatic rings. The summed E-state index contributed by atoms with van der Waals surface area (Å²) >= 11 is 0. The molecule has 0 amide bonds. The minimum atomic E-state index is -1.07. The lowest BCUT2D eigenvalue weighted by Crippen LogP contribution is -2.55. The molecule has 3 rings (SSSR count). The number of Topliss-reactive ketones (excluding diaryl/α,β-unsaturated/α-hetero) is 1. The van der Waals surface area contributed by atoms with Gasteiger partial charge in [0.25, 0.3) is 0 Å². The maximum absolute atomic E-state index is 12.4. The van der Waals surface area contributed by atoms with Gasteiger partial charge in [-0.25, -0.2) is 0 Å². The fourth-order valence-corrected chi connectivity index (χ4v) is 4.63. The van der Waals surface area contributed by atoms with Crippen molar-refractivity contribution in [1.29, 1.82) is 0 Å². The molecule has 2 fully saturated rings. The number of ketones is 1. The van der Waals surface area contributed by atoms with E-state index in [0.717, 1.165) is 24.7 Å². The summed E-state index contributed by atoms with van der Waals surface area (Å²) in [5.74, 6) is -0.629. The van der Waals surface area contributed by atoms with Gasteiger partial charge in [0.15, 0.2) is 0 Å². The Hall–Kier alpha value is -0.960. The number of aldehydes is 1. The average molecular weight is 248 g/mol. The van der Waals surface area contributed by atoms with Gasteiger partial charge in [0.1, 0.15) is 12.1 Å². The summed E-state index contributed by atoms with van der Waals surface area (Å²) < 4.78 is 0. The number of fused-ring (bicyclic) bond motifs is 1. The van der Waals surface area contributed by atoms with Crippen LogP contribution in [0.15, 0.2) is 11.6 Å². The Labute approximate surface area is 107 Å². The van der Waals surface area contributed by atoms with Crippen molar-refractivity contribution in [2.24, 2.45) is 22.7 Å². The molecule has 2 saturated carbocycles. The third-order valence-corrected chi connectivity index (χ3v) is 5.71. The number of carbonyl (C=O) groups excluding carboxylic acids is 2. The summed E-state index contributed by atoms with van der Waals surface area (Å²) in [6.07, 6.45) is 5.28. The molecule has 18 heavy (non-hydrogen) atoms. The molecule has 0 heterocycles. The predicted molar refractivity (Wildman–Crippen MR) is 66.8 cm³/mol. The van der Waals surface area contributed by atoms with Crippen molar-refractivity contribution in [2.75, 3.05) is 0 Å². The Morgan fingerprint density at radius 2 is 2.06 bits per heavy atom. The molecule has 0 aromatic heterocycles. The van der Waals surface area contributed by atoms with Crippen molar-refractivity contribution >= 4 is 12.1 Å². The van der Waals surface area contributed by atoms with E-state index in [1.165, 1.54) is 0 Å². The van der Waals surface area contributed by atoms with Crippen LogP contribution in [-0.4, -0.2) is 22.8 Å². The molecule has 3 aliphatic carbocycles.